The second-order valence-electron chi connectivity index (χ2n) is 4.10. The second-order valence-corrected chi connectivity index (χ2v) is 4.10. The van der Waals surface area contributed by atoms with E-state index in [0.29, 0.717) is 5.92 Å². The van der Waals surface area contributed by atoms with Gasteiger partial charge in [0.05, 0.1) is 0 Å². The van der Waals surface area contributed by atoms with Gasteiger partial charge in [-0.15, -0.1) is 0 Å². The van der Waals surface area contributed by atoms with Gasteiger partial charge in [-0.1, -0.05) is 24.6 Å². The summed E-state index contributed by atoms with van der Waals surface area (Å²) in [7, 11) is 0. The fraction of sp³-hybridized carbons (Fsp3) is 0.538. The first-order valence-corrected chi connectivity index (χ1v) is 5.28. The molecule has 0 fully saturated rings. The van der Waals surface area contributed by atoms with Crippen LogP contribution in [-0.2, 0) is 0 Å². The summed E-state index contributed by atoms with van der Waals surface area (Å²) in [5, 5.41) is 9.30. The third-order valence-corrected chi connectivity index (χ3v) is 2.86. The van der Waals surface area contributed by atoms with Crippen LogP contribution in [0.5, 0.6) is 0 Å². The van der Waals surface area contributed by atoms with E-state index in [9.17, 15) is 5.11 Å². The maximum absolute atomic E-state index is 9.30. The molecule has 1 aromatic rings. The van der Waals surface area contributed by atoms with Crippen molar-refractivity contribution in [2.75, 3.05) is 6.61 Å². The Hall–Kier alpha value is -0.820. The maximum Gasteiger partial charge on any atom is 0.0499 e. The number of benzene rings is 1. The number of hydrogen-bond donors (Lipinski definition) is 1. The molecule has 0 aliphatic heterocycles. The Kier molecular flexibility index (Phi) is 3.70. The molecule has 0 heterocycles. The Morgan fingerprint density at radius 2 is 1.64 bits per heavy atom. The van der Waals surface area contributed by atoms with Crippen LogP contribution in [0.15, 0.2) is 12.1 Å². The largest absolute Gasteiger partial charge is 0.396 e. The van der Waals surface area contributed by atoms with Crippen LogP contribution in [-0.4, -0.2) is 11.7 Å². The lowest BCUT2D eigenvalue weighted by Gasteiger charge is -2.18. The Morgan fingerprint density at radius 3 is 2.00 bits per heavy atom. The summed E-state index contributed by atoms with van der Waals surface area (Å²) >= 11 is 0. The molecule has 0 aliphatic rings. The number of rotatable bonds is 3. The molecule has 0 radical (unpaired) electrons. The van der Waals surface area contributed by atoms with Crippen LogP contribution in [0.3, 0.4) is 0 Å². The predicted molar refractivity (Wildman–Crippen MR) is 60.8 cm³/mol. The summed E-state index contributed by atoms with van der Waals surface area (Å²) < 4.78 is 0. The standard InChI is InChI=1S/C13H20O/c1-5-12(8-14)13-10(3)6-9(2)7-11(13)4/h6-7,12,14H,5,8H2,1-4H3. The van der Waals surface area contributed by atoms with Crippen molar-refractivity contribution in [2.45, 2.75) is 40.0 Å². The van der Waals surface area contributed by atoms with Crippen LogP contribution < -0.4 is 0 Å². The Labute approximate surface area is 86.8 Å². The Morgan fingerprint density at radius 1 is 1.14 bits per heavy atom. The Bertz CT molecular complexity index is 288. The van der Waals surface area contributed by atoms with Crippen molar-refractivity contribution in [3.63, 3.8) is 0 Å². The molecule has 0 bridgehead atoms. The van der Waals surface area contributed by atoms with Crippen LogP contribution in [0, 0.1) is 20.8 Å². The SMILES string of the molecule is CCC(CO)c1c(C)cc(C)cc1C. The highest BCUT2D eigenvalue weighted by Gasteiger charge is 2.13. The van der Waals surface area contributed by atoms with Gasteiger partial charge in [-0.25, -0.2) is 0 Å². The van der Waals surface area contributed by atoms with Crippen LogP contribution in [0.4, 0.5) is 0 Å². The van der Waals surface area contributed by atoms with E-state index < -0.39 is 0 Å². The summed E-state index contributed by atoms with van der Waals surface area (Å²) in [6, 6.07) is 4.39. The minimum absolute atomic E-state index is 0.251. The van der Waals surface area contributed by atoms with Crippen LogP contribution >= 0.6 is 0 Å². The molecule has 78 valence electrons. The third kappa shape index (κ3) is 2.16. The van der Waals surface area contributed by atoms with Crippen molar-refractivity contribution >= 4 is 0 Å². The predicted octanol–water partition coefficient (Wildman–Crippen LogP) is 3.10. The lowest BCUT2D eigenvalue weighted by atomic mass is 9.88. The van der Waals surface area contributed by atoms with Gasteiger partial charge in [0.2, 0.25) is 0 Å². The number of hydrogen-bond acceptors (Lipinski definition) is 1. The van der Waals surface area contributed by atoms with E-state index in [2.05, 4.69) is 39.8 Å². The normalized spacial score (nSPS) is 12.9. The third-order valence-electron chi connectivity index (χ3n) is 2.86. The van der Waals surface area contributed by atoms with Gasteiger partial charge < -0.3 is 5.11 Å². The topological polar surface area (TPSA) is 20.2 Å². The number of aliphatic hydroxyl groups is 1. The van der Waals surface area contributed by atoms with Crippen LogP contribution in [0.1, 0.15) is 41.5 Å². The molecular weight excluding hydrogens is 172 g/mol. The second kappa shape index (κ2) is 4.61. The zero-order chi connectivity index (χ0) is 10.7. The molecule has 1 rings (SSSR count). The van der Waals surface area contributed by atoms with Gasteiger partial charge in [0.1, 0.15) is 0 Å². The maximum atomic E-state index is 9.30. The van der Waals surface area contributed by atoms with E-state index in [-0.39, 0.29) is 6.61 Å². The Balaban J connectivity index is 3.19. The molecule has 0 spiro atoms. The lowest BCUT2D eigenvalue weighted by molar-refractivity contribution is 0.261. The van der Waals surface area contributed by atoms with E-state index in [0.717, 1.165) is 6.42 Å². The molecule has 0 aromatic heterocycles. The summed E-state index contributed by atoms with van der Waals surface area (Å²) in [5.74, 6) is 0.301. The quantitative estimate of drug-likeness (QED) is 0.780. The highest BCUT2D eigenvalue weighted by molar-refractivity contribution is 5.39. The van der Waals surface area contributed by atoms with Crippen molar-refractivity contribution < 1.29 is 5.11 Å². The average molecular weight is 192 g/mol. The first-order valence-electron chi connectivity index (χ1n) is 5.28. The van der Waals surface area contributed by atoms with Gasteiger partial charge in [-0.05, 0) is 43.9 Å². The minimum Gasteiger partial charge on any atom is -0.396 e. The van der Waals surface area contributed by atoms with E-state index in [4.69, 9.17) is 0 Å². The van der Waals surface area contributed by atoms with E-state index in [1.165, 1.54) is 22.3 Å². The van der Waals surface area contributed by atoms with Crippen LogP contribution in [0.2, 0.25) is 0 Å². The molecule has 14 heavy (non-hydrogen) atoms. The minimum atomic E-state index is 0.251. The average Bonchev–Trinajstić information content (AvgIpc) is 2.10. The molecule has 1 N–H and O–H groups in total. The molecule has 0 saturated carbocycles. The van der Waals surface area contributed by atoms with Gasteiger partial charge in [0, 0.05) is 12.5 Å². The van der Waals surface area contributed by atoms with Crippen molar-refractivity contribution in [1.82, 2.24) is 0 Å². The fourth-order valence-electron chi connectivity index (χ4n) is 2.26. The van der Waals surface area contributed by atoms with Gasteiger partial charge in [0.15, 0.2) is 0 Å². The molecule has 1 atom stereocenters. The number of aryl methyl sites for hydroxylation is 3. The first kappa shape index (κ1) is 11.3. The fourth-order valence-corrected chi connectivity index (χ4v) is 2.26. The molecule has 1 aromatic carbocycles. The molecule has 1 unspecified atom stereocenters. The summed E-state index contributed by atoms with van der Waals surface area (Å²) in [4.78, 5) is 0. The smallest absolute Gasteiger partial charge is 0.0499 e. The molecule has 0 saturated heterocycles. The van der Waals surface area contributed by atoms with Gasteiger partial charge in [0.25, 0.3) is 0 Å². The van der Waals surface area contributed by atoms with Crippen LogP contribution in [0.25, 0.3) is 0 Å². The molecule has 1 nitrogen and oxygen atoms in total. The number of aliphatic hydroxyl groups excluding tert-OH is 1. The van der Waals surface area contributed by atoms with Crippen molar-refractivity contribution in [1.29, 1.82) is 0 Å². The monoisotopic (exact) mass is 192 g/mol. The van der Waals surface area contributed by atoms with E-state index in [1.807, 2.05) is 0 Å². The molecule has 0 amide bonds. The van der Waals surface area contributed by atoms with Crippen molar-refractivity contribution in [3.05, 3.63) is 34.4 Å². The highest BCUT2D eigenvalue weighted by Crippen LogP contribution is 2.26. The summed E-state index contributed by atoms with van der Waals surface area (Å²) in [6.07, 6.45) is 1.00. The van der Waals surface area contributed by atoms with E-state index >= 15 is 0 Å². The highest BCUT2D eigenvalue weighted by atomic mass is 16.3. The zero-order valence-corrected chi connectivity index (χ0v) is 9.59. The van der Waals surface area contributed by atoms with Crippen molar-refractivity contribution in [2.24, 2.45) is 0 Å². The molecule has 1 heteroatoms. The molecular formula is C13H20O. The van der Waals surface area contributed by atoms with Crippen molar-refractivity contribution in [3.8, 4) is 0 Å². The van der Waals surface area contributed by atoms with E-state index in [1.54, 1.807) is 0 Å². The van der Waals surface area contributed by atoms with Gasteiger partial charge in [-0.3, -0.25) is 0 Å². The first-order chi connectivity index (χ1) is 6.60. The molecule has 0 aliphatic carbocycles. The zero-order valence-electron chi connectivity index (χ0n) is 9.59. The lowest BCUT2D eigenvalue weighted by Crippen LogP contribution is -2.07. The van der Waals surface area contributed by atoms with Gasteiger partial charge in [-0.2, -0.15) is 0 Å². The van der Waals surface area contributed by atoms with Gasteiger partial charge >= 0.3 is 0 Å². The summed E-state index contributed by atoms with van der Waals surface area (Å²) in [6.45, 7) is 8.76. The summed E-state index contributed by atoms with van der Waals surface area (Å²) in [5.41, 5.74) is 5.25.